The number of carbonyl (C=O) groups is 2. The normalized spacial score (nSPS) is 23.8. The van der Waals surface area contributed by atoms with E-state index in [0.29, 0.717) is 46.2 Å². The molecule has 1 aromatic carbocycles. The van der Waals surface area contributed by atoms with Crippen LogP contribution in [0, 0.1) is 5.92 Å². The molecule has 3 fully saturated rings. The number of hydrogen-bond acceptors (Lipinski definition) is 9. The van der Waals surface area contributed by atoms with Gasteiger partial charge in [-0.05, 0) is 83.4 Å². The Labute approximate surface area is 267 Å². The van der Waals surface area contributed by atoms with Crippen molar-refractivity contribution in [3.05, 3.63) is 41.7 Å². The van der Waals surface area contributed by atoms with Gasteiger partial charge in [-0.2, -0.15) is 4.98 Å². The van der Waals surface area contributed by atoms with Crippen molar-refractivity contribution < 1.29 is 14.3 Å². The second-order valence-electron chi connectivity index (χ2n) is 13.2. The molecular weight excluding hydrogens is 568 g/mol. The van der Waals surface area contributed by atoms with Crippen molar-refractivity contribution in [3.63, 3.8) is 0 Å². The van der Waals surface area contributed by atoms with Crippen LogP contribution in [0.4, 0.5) is 23.1 Å². The predicted octanol–water partition coefficient (Wildman–Crippen LogP) is 4.39. The van der Waals surface area contributed by atoms with Crippen LogP contribution < -0.4 is 25.2 Å². The quantitative estimate of drug-likeness (QED) is 0.397. The minimum atomic E-state index is -0.0935. The summed E-state index contributed by atoms with van der Waals surface area (Å²) in [7, 11) is 3.32. The first-order chi connectivity index (χ1) is 21.7. The maximum atomic E-state index is 13.3. The molecule has 1 saturated heterocycles. The molecular formula is C34H48N8O3. The van der Waals surface area contributed by atoms with E-state index in [-0.39, 0.29) is 23.9 Å². The van der Waals surface area contributed by atoms with Gasteiger partial charge in [0.05, 0.1) is 19.0 Å². The van der Waals surface area contributed by atoms with Crippen LogP contribution in [0.3, 0.4) is 0 Å². The van der Waals surface area contributed by atoms with E-state index >= 15 is 0 Å². The summed E-state index contributed by atoms with van der Waals surface area (Å²) in [4.78, 5) is 44.3. The Balaban J connectivity index is 1.06. The Kier molecular flexibility index (Phi) is 9.28. The van der Waals surface area contributed by atoms with Crippen molar-refractivity contribution in [2.75, 3.05) is 62.0 Å². The highest BCUT2D eigenvalue weighted by Gasteiger charge is 2.35. The Morgan fingerprint density at radius 1 is 1.09 bits per heavy atom. The van der Waals surface area contributed by atoms with Crippen LogP contribution in [0.2, 0.25) is 0 Å². The lowest BCUT2D eigenvalue weighted by atomic mass is 9.89. The van der Waals surface area contributed by atoms with E-state index in [0.717, 1.165) is 31.6 Å². The number of amides is 2. The number of ether oxygens (including phenoxy) is 1. The molecule has 11 heteroatoms. The molecule has 242 valence electrons. The van der Waals surface area contributed by atoms with E-state index < -0.39 is 0 Å². The van der Waals surface area contributed by atoms with Gasteiger partial charge in [-0.1, -0.05) is 6.08 Å². The molecule has 2 aromatic rings. The number of hydrogen-bond donors (Lipinski definition) is 2. The SMILES string of the molecule is CC=C1C(=O)N(C)c2cnc(Nc3ccc(C(=O)N[C@H]4CC[C@H](N5CCN(CC6CC6)CC5)CC4)cc3OC)nc2N1C(C)C. The molecule has 0 unspecified atom stereocenters. The zero-order chi connectivity index (χ0) is 31.7. The fourth-order valence-corrected chi connectivity index (χ4v) is 7.01. The number of piperazine rings is 1. The molecule has 11 nitrogen and oxygen atoms in total. The summed E-state index contributed by atoms with van der Waals surface area (Å²) in [5.74, 6) is 2.33. The van der Waals surface area contributed by atoms with Crippen molar-refractivity contribution >= 4 is 35.0 Å². The molecule has 2 aliphatic heterocycles. The minimum absolute atomic E-state index is 0.0186. The van der Waals surface area contributed by atoms with Crippen LogP contribution in [-0.4, -0.2) is 96.6 Å². The number of anilines is 4. The van der Waals surface area contributed by atoms with Crippen molar-refractivity contribution in [2.24, 2.45) is 5.92 Å². The summed E-state index contributed by atoms with van der Waals surface area (Å²) in [6, 6.07) is 6.22. The number of benzene rings is 1. The zero-order valence-corrected chi connectivity index (χ0v) is 27.4. The van der Waals surface area contributed by atoms with E-state index in [1.165, 1.54) is 45.6 Å². The third-order valence-electron chi connectivity index (χ3n) is 9.79. The lowest BCUT2D eigenvalue weighted by molar-refractivity contribution is -0.115. The van der Waals surface area contributed by atoms with Crippen molar-refractivity contribution in [3.8, 4) is 5.75 Å². The number of fused-ring (bicyclic) bond motifs is 1. The van der Waals surface area contributed by atoms with E-state index in [9.17, 15) is 9.59 Å². The standard InChI is InChI=1S/C34H48N8O3/c1-6-28-33(44)39(4)29-20-35-34(38-31(29)42(28)22(2)3)37-27-14-9-24(19-30(27)45-5)32(43)36-25-10-12-26(13-11-25)41-17-15-40(16-18-41)21-23-7-8-23/h6,9,14,19-20,22-23,25-26H,7-8,10-13,15-18,21H2,1-5H3,(H,36,43)(H,35,37,38)/t25-,26-. The highest BCUT2D eigenvalue weighted by atomic mass is 16.5. The van der Waals surface area contributed by atoms with E-state index in [1.807, 2.05) is 37.8 Å². The minimum Gasteiger partial charge on any atom is -0.495 e. The summed E-state index contributed by atoms with van der Waals surface area (Å²) >= 11 is 0. The second-order valence-corrected chi connectivity index (χ2v) is 13.2. The smallest absolute Gasteiger partial charge is 0.274 e. The first-order valence-corrected chi connectivity index (χ1v) is 16.6. The van der Waals surface area contributed by atoms with Gasteiger partial charge in [0.15, 0.2) is 5.82 Å². The van der Waals surface area contributed by atoms with Gasteiger partial charge < -0.3 is 30.1 Å². The topological polar surface area (TPSA) is 106 Å². The van der Waals surface area contributed by atoms with Gasteiger partial charge >= 0.3 is 0 Å². The molecule has 3 heterocycles. The Bertz CT molecular complexity index is 1420. The third-order valence-corrected chi connectivity index (χ3v) is 9.79. The first-order valence-electron chi connectivity index (χ1n) is 16.6. The molecule has 0 radical (unpaired) electrons. The number of aromatic nitrogens is 2. The van der Waals surface area contributed by atoms with Crippen LogP contribution in [0.15, 0.2) is 36.2 Å². The summed E-state index contributed by atoms with van der Waals surface area (Å²) < 4.78 is 5.67. The number of nitrogens with one attached hydrogen (secondary N) is 2. The van der Waals surface area contributed by atoms with Gasteiger partial charge in [0.1, 0.15) is 17.1 Å². The fraction of sp³-hybridized carbons (Fsp3) is 0.588. The molecule has 4 aliphatic rings. The lowest BCUT2D eigenvalue weighted by Gasteiger charge is -2.42. The molecule has 2 saturated carbocycles. The largest absolute Gasteiger partial charge is 0.495 e. The average Bonchev–Trinajstić information content (AvgIpc) is 3.87. The van der Waals surface area contributed by atoms with Gasteiger partial charge in [0.25, 0.3) is 11.8 Å². The number of rotatable bonds is 9. The van der Waals surface area contributed by atoms with Crippen molar-refractivity contribution in [1.29, 1.82) is 0 Å². The van der Waals surface area contributed by atoms with Crippen molar-refractivity contribution in [2.45, 2.75) is 77.4 Å². The monoisotopic (exact) mass is 616 g/mol. The Hall–Kier alpha value is -3.70. The second kappa shape index (κ2) is 13.3. The number of nitrogens with zero attached hydrogens (tertiary/aromatic N) is 6. The van der Waals surface area contributed by atoms with Crippen LogP contribution in [0.1, 0.15) is 69.7 Å². The molecule has 1 aromatic heterocycles. The summed E-state index contributed by atoms with van der Waals surface area (Å²) in [5, 5.41) is 6.53. The number of likely N-dealkylation sites (N-methyl/N-ethyl adjacent to an activating group) is 1. The van der Waals surface area contributed by atoms with Crippen LogP contribution in [-0.2, 0) is 4.79 Å². The maximum absolute atomic E-state index is 13.3. The molecule has 2 amide bonds. The molecule has 0 atom stereocenters. The summed E-state index contributed by atoms with van der Waals surface area (Å²) in [5.41, 5.74) is 2.42. The third kappa shape index (κ3) is 6.79. The zero-order valence-electron chi connectivity index (χ0n) is 27.4. The van der Waals surface area contributed by atoms with E-state index in [1.54, 1.807) is 37.4 Å². The fourth-order valence-electron chi connectivity index (χ4n) is 7.01. The number of methoxy groups -OCH3 is 1. The van der Waals surface area contributed by atoms with E-state index in [4.69, 9.17) is 9.72 Å². The van der Waals surface area contributed by atoms with E-state index in [2.05, 4.69) is 25.4 Å². The Morgan fingerprint density at radius 2 is 1.82 bits per heavy atom. The lowest BCUT2D eigenvalue weighted by Crippen LogP contribution is -2.52. The van der Waals surface area contributed by atoms with Crippen LogP contribution in [0.5, 0.6) is 5.75 Å². The number of allylic oxidation sites excluding steroid dienone is 1. The van der Waals surface area contributed by atoms with Crippen LogP contribution >= 0.6 is 0 Å². The summed E-state index contributed by atoms with van der Waals surface area (Å²) in [6.07, 6.45) is 10.6. The van der Waals surface area contributed by atoms with Crippen molar-refractivity contribution in [1.82, 2.24) is 25.1 Å². The highest BCUT2D eigenvalue weighted by Crippen LogP contribution is 2.38. The first kappa shape index (κ1) is 31.3. The number of carbonyl (C=O) groups excluding carboxylic acids is 2. The Morgan fingerprint density at radius 3 is 2.47 bits per heavy atom. The average molecular weight is 617 g/mol. The van der Waals surface area contributed by atoms with Gasteiger partial charge in [-0.3, -0.25) is 14.5 Å². The van der Waals surface area contributed by atoms with Gasteiger partial charge in [-0.15, -0.1) is 0 Å². The van der Waals surface area contributed by atoms with Crippen LogP contribution in [0.25, 0.3) is 0 Å². The highest BCUT2D eigenvalue weighted by molar-refractivity contribution is 6.12. The molecule has 45 heavy (non-hydrogen) atoms. The summed E-state index contributed by atoms with van der Waals surface area (Å²) in [6.45, 7) is 12.0. The molecule has 0 bridgehead atoms. The van der Waals surface area contributed by atoms with Gasteiger partial charge in [0.2, 0.25) is 5.95 Å². The molecule has 2 aliphatic carbocycles. The maximum Gasteiger partial charge on any atom is 0.274 e. The molecule has 2 N–H and O–H groups in total. The molecule has 0 spiro atoms. The predicted molar refractivity (Wildman–Crippen MR) is 177 cm³/mol. The van der Waals surface area contributed by atoms with Gasteiger partial charge in [-0.25, -0.2) is 4.98 Å². The molecule has 6 rings (SSSR count). The van der Waals surface area contributed by atoms with Gasteiger partial charge in [0, 0.05) is 63.5 Å².